The molecule has 0 spiro atoms. The largest absolute Gasteiger partial charge is 0.350 e. The van der Waals surface area contributed by atoms with Gasteiger partial charge in [0.25, 0.3) is 5.91 Å². The molecule has 0 atom stereocenters. The highest BCUT2D eigenvalue weighted by Gasteiger charge is 2.16. The van der Waals surface area contributed by atoms with E-state index in [1.807, 2.05) is 16.7 Å². The van der Waals surface area contributed by atoms with E-state index >= 15 is 0 Å². The van der Waals surface area contributed by atoms with E-state index in [0.717, 1.165) is 27.4 Å². The third kappa shape index (κ3) is 4.44. The molecule has 2 amide bonds. The molecule has 34 heavy (non-hydrogen) atoms. The predicted molar refractivity (Wildman–Crippen MR) is 127 cm³/mol. The molecule has 0 aliphatic rings. The molecule has 3 aromatic carbocycles. The second-order valence-corrected chi connectivity index (χ2v) is 8.08. The Labute approximate surface area is 195 Å². The molecule has 0 radical (unpaired) electrons. The van der Waals surface area contributed by atoms with E-state index in [2.05, 4.69) is 5.32 Å². The summed E-state index contributed by atoms with van der Waals surface area (Å²) >= 11 is 0. The Hall–Kier alpha value is -4.30. The van der Waals surface area contributed by atoms with Gasteiger partial charge in [-0.1, -0.05) is 12.1 Å². The lowest BCUT2D eigenvalue weighted by Crippen LogP contribution is -2.27. The topological polar surface area (TPSA) is 118 Å². The van der Waals surface area contributed by atoms with Crippen LogP contribution in [0.25, 0.3) is 21.8 Å². The van der Waals surface area contributed by atoms with E-state index in [1.54, 1.807) is 54.0 Å². The van der Waals surface area contributed by atoms with Gasteiger partial charge < -0.3 is 9.88 Å². The fourth-order valence-electron chi connectivity index (χ4n) is 3.95. The van der Waals surface area contributed by atoms with Crippen LogP contribution in [-0.4, -0.2) is 33.2 Å². The van der Waals surface area contributed by atoms with Gasteiger partial charge in [0.1, 0.15) is 6.54 Å². The van der Waals surface area contributed by atoms with Crippen LogP contribution in [0.2, 0.25) is 0 Å². The van der Waals surface area contributed by atoms with E-state index in [-0.39, 0.29) is 30.6 Å². The lowest BCUT2D eigenvalue weighted by atomic mass is 10.0. The summed E-state index contributed by atoms with van der Waals surface area (Å²) in [7, 11) is 0. The van der Waals surface area contributed by atoms with Crippen LogP contribution >= 0.6 is 0 Å². The van der Waals surface area contributed by atoms with E-state index in [4.69, 9.17) is 5.21 Å². The van der Waals surface area contributed by atoms with E-state index in [1.165, 1.54) is 13.8 Å². The third-order valence-electron chi connectivity index (χ3n) is 5.79. The summed E-state index contributed by atoms with van der Waals surface area (Å²) in [6, 6.07) is 17.2. The molecule has 8 heteroatoms. The molecular weight excluding hydrogens is 434 g/mol. The number of Topliss-reactive ketones (excluding diaryl/α,β-unsaturated/α-hetero) is 2. The smallest absolute Gasteiger partial charge is 0.274 e. The maximum atomic E-state index is 12.8. The number of amides is 2. The van der Waals surface area contributed by atoms with Crippen molar-refractivity contribution in [3.8, 4) is 0 Å². The van der Waals surface area contributed by atoms with E-state index < -0.39 is 5.91 Å². The zero-order valence-corrected chi connectivity index (χ0v) is 18.7. The Morgan fingerprint density at radius 2 is 1.26 bits per heavy atom. The first-order valence-corrected chi connectivity index (χ1v) is 10.7. The highest BCUT2D eigenvalue weighted by Crippen LogP contribution is 2.31. The molecule has 0 saturated carbocycles. The quantitative estimate of drug-likeness (QED) is 0.223. The van der Waals surface area contributed by atoms with Crippen LogP contribution in [0.5, 0.6) is 0 Å². The van der Waals surface area contributed by atoms with Gasteiger partial charge in [-0.3, -0.25) is 24.4 Å². The maximum Gasteiger partial charge on any atom is 0.274 e. The average molecular weight is 457 g/mol. The summed E-state index contributed by atoms with van der Waals surface area (Å²) in [5.41, 5.74) is 5.36. The average Bonchev–Trinajstić information content (AvgIpc) is 3.14. The number of carbonyl (C=O) groups is 4. The van der Waals surface area contributed by atoms with Gasteiger partial charge in [-0.2, -0.15) is 0 Å². The summed E-state index contributed by atoms with van der Waals surface area (Å²) in [5.74, 6) is -0.957. The summed E-state index contributed by atoms with van der Waals surface area (Å²) < 4.78 is 1.86. The Morgan fingerprint density at radius 1 is 0.765 bits per heavy atom. The number of fused-ring (bicyclic) bond motifs is 3. The summed E-state index contributed by atoms with van der Waals surface area (Å²) in [4.78, 5) is 48.1. The fraction of sp³-hybridized carbons (Fsp3) is 0.154. The first-order valence-electron chi connectivity index (χ1n) is 10.7. The van der Waals surface area contributed by atoms with Crippen LogP contribution in [0.15, 0.2) is 60.7 Å². The maximum absolute atomic E-state index is 12.8. The molecule has 172 valence electrons. The minimum absolute atomic E-state index is 0.0455. The number of hydrogen-bond donors (Lipinski definition) is 3. The van der Waals surface area contributed by atoms with Crippen LogP contribution in [-0.2, 0) is 17.9 Å². The molecule has 4 rings (SSSR count). The van der Waals surface area contributed by atoms with Crippen LogP contribution in [0.3, 0.4) is 0 Å². The number of hydrogen-bond acceptors (Lipinski definition) is 5. The molecule has 0 saturated heterocycles. The summed E-state index contributed by atoms with van der Waals surface area (Å²) in [6.45, 7) is 3.30. The number of aromatic nitrogens is 1. The fourth-order valence-corrected chi connectivity index (χ4v) is 3.95. The van der Waals surface area contributed by atoms with Gasteiger partial charge in [-0.25, -0.2) is 5.48 Å². The number of hydroxylamine groups is 1. The first-order chi connectivity index (χ1) is 16.3. The highest BCUT2D eigenvalue weighted by molar-refractivity contribution is 6.13. The number of carbonyl (C=O) groups excluding carboxylic acids is 4. The standard InChI is InChI=1S/C26H23N3O5/c1-15(30)19-7-9-23-21(11-19)22-12-20(16(2)31)8-10-24(22)29(23)14-25(32)27-13-17-3-5-18(6-4-17)26(33)28-34/h3-12,34H,13-14H2,1-2H3,(H,27,32)(H,28,33). The van der Waals surface area contributed by atoms with E-state index in [0.29, 0.717) is 16.7 Å². The van der Waals surface area contributed by atoms with E-state index in [9.17, 15) is 19.2 Å². The summed E-state index contributed by atoms with van der Waals surface area (Å²) in [5, 5.41) is 13.2. The van der Waals surface area contributed by atoms with Crippen molar-refractivity contribution in [1.29, 1.82) is 0 Å². The molecule has 0 aliphatic heterocycles. The van der Waals surface area contributed by atoms with Gasteiger partial charge in [0, 0.05) is 45.0 Å². The zero-order chi connectivity index (χ0) is 24.4. The van der Waals surface area contributed by atoms with Crippen molar-refractivity contribution in [2.45, 2.75) is 26.9 Å². The molecule has 1 aromatic heterocycles. The van der Waals surface area contributed by atoms with Crippen LogP contribution in [0.4, 0.5) is 0 Å². The molecule has 0 aliphatic carbocycles. The van der Waals surface area contributed by atoms with Gasteiger partial charge in [-0.15, -0.1) is 0 Å². The molecule has 0 bridgehead atoms. The normalized spacial score (nSPS) is 10.9. The zero-order valence-electron chi connectivity index (χ0n) is 18.7. The predicted octanol–water partition coefficient (Wildman–Crippen LogP) is 3.64. The van der Waals surface area contributed by atoms with Crippen LogP contribution in [0.1, 0.15) is 50.5 Å². The minimum atomic E-state index is -0.609. The molecule has 0 unspecified atom stereocenters. The van der Waals surface area contributed by atoms with Gasteiger partial charge in [0.15, 0.2) is 11.6 Å². The lowest BCUT2D eigenvalue weighted by Gasteiger charge is -2.10. The second-order valence-electron chi connectivity index (χ2n) is 8.08. The molecule has 1 heterocycles. The van der Waals surface area contributed by atoms with Crippen molar-refractivity contribution < 1.29 is 24.4 Å². The number of nitrogens with zero attached hydrogens (tertiary/aromatic N) is 1. The highest BCUT2D eigenvalue weighted by atomic mass is 16.5. The van der Waals surface area contributed by atoms with Crippen LogP contribution in [0, 0.1) is 0 Å². The Kier molecular flexibility index (Phi) is 6.25. The molecular formula is C26H23N3O5. The van der Waals surface area contributed by atoms with Crippen LogP contribution < -0.4 is 10.8 Å². The Morgan fingerprint density at radius 3 is 1.74 bits per heavy atom. The summed E-state index contributed by atoms with van der Waals surface area (Å²) in [6.07, 6.45) is 0. The Bertz CT molecular complexity index is 1380. The minimum Gasteiger partial charge on any atom is -0.350 e. The van der Waals surface area contributed by atoms with Gasteiger partial charge in [0.2, 0.25) is 5.91 Å². The molecule has 8 nitrogen and oxygen atoms in total. The molecule has 0 fully saturated rings. The SMILES string of the molecule is CC(=O)c1ccc2c(c1)c1cc(C(C)=O)ccc1n2CC(=O)NCc1ccc(C(=O)NO)cc1. The monoisotopic (exact) mass is 457 g/mol. The van der Waals surface area contributed by atoms with Crippen molar-refractivity contribution in [2.24, 2.45) is 0 Å². The van der Waals surface area contributed by atoms with Crippen molar-refractivity contribution >= 4 is 45.2 Å². The van der Waals surface area contributed by atoms with Crippen molar-refractivity contribution in [3.05, 3.63) is 82.9 Å². The molecule has 3 N–H and O–H groups in total. The molecule has 4 aromatic rings. The number of ketones is 2. The first kappa shape index (κ1) is 22.9. The van der Waals surface area contributed by atoms with Gasteiger partial charge in [0.05, 0.1) is 0 Å². The van der Waals surface area contributed by atoms with Gasteiger partial charge >= 0.3 is 0 Å². The van der Waals surface area contributed by atoms with Crippen molar-refractivity contribution in [1.82, 2.24) is 15.4 Å². The number of rotatable bonds is 7. The van der Waals surface area contributed by atoms with Gasteiger partial charge in [-0.05, 0) is 67.9 Å². The second kappa shape index (κ2) is 9.29. The number of nitrogens with one attached hydrogen (secondary N) is 2. The van der Waals surface area contributed by atoms with Crippen molar-refractivity contribution in [2.75, 3.05) is 0 Å². The van der Waals surface area contributed by atoms with Crippen molar-refractivity contribution in [3.63, 3.8) is 0 Å². The number of benzene rings is 3. The Balaban J connectivity index is 1.62. The third-order valence-corrected chi connectivity index (χ3v) is 5.79. The lowest BCUT2D eigenvalue weighted by molar-refractivity contribution is -0.121.